The summed E-state index contributed by atoms with van der Waals surface area (Å²) in [4.78, 5) is 11.9. The molecule has 0 unspecified atom stereocenters. The number of aromatic nitrogens is 2. The molecule has 0 saturated carbocycles. The SMILES string of the molecule is Cn1ccc(NC(=O)c2ccccc2OC(F)F)n1. The zero-order chi connectivity index (χ0) is 13.8. The van der Waals surface area contributed by atoms with Crippen LogP contribution in [-0.2, 0) is 7.05 Å². The maximum Gasteiger partial charge on any atom is 0.387 e. The molecule has 1 aromatic heterocycles. The number of nitrogens with one attached hydrogen (secondary N) is 1. The Kier molecular flexibility index (Phi) is 3.74. The predicted octanol–water partition coefficient (Wildman–Crippen LogP) is 2.27. The number of aryl methyl sites for hydroxylation is 1. The largest absolute Gasteiger partial charge is 0.434 e. The minimum atomic E-state index is -2.98. The summed E-state index contributed by atoms with van der Waals surface area (Å²) in [5.74, 6) is -0.403. The topological polar surface area (TPSA) is 56.2 Å². The first-order valence-electron chi connectivity index (χ1n) is 5.41. The van der Waals surface area contributed by atoms with Crippen LogP contribution in [0.15, 0.2) is 36.5 Å². The van der Waals surface area contributed by atoms with Crippen molar-refractivity contribution in [3.05, 3.63) is 42.1 Å². The molecule has 5 nitrogen and oxygen atoms in total. The van der Waals surface area contributed by atoms with Crippen LogP contribution >= 0.6 is 0 Å². The minimum Gasteiger partial charge on any atom is -0.434 e. The highest BCUT2D eigenvalue weighted by Gasteiger charge is 2.15. The number of carbonyl (C=O) groups excluding carboxylic acids is 1. The van der Waals surface area contributed by atoms with Gasteiger partial charge in [-0.3, -0.25) is 9.48 Å². The number of anilines is 1. The summed E-state index contributed by atoms with van der Waals surface area (Å²) in [7, 11) is 1.70. The van der Waals surface area contributed by atoms with Crippen molar-refractivity contribution in [2.24, 2.45) is 7.05 Å². The van der Waals surface area contributed by atoms with E-state index in [4.69, 9.17) is 0 Å². The first-order chi connectivity index (χ1) is 9.06. The van der Waals surface area contributed by atoms with E-state index in [2.05, 4.69) is 15.2 Å². The van der Waals surface area contributed by atoms with E-state index in [0.29, 0.717) is 5.82 Å². The Bertz CT molecular complexity index is 584. The molecule has 0 aliphatic rings. The normalized spacial score (nSPS) is 10.5. The lowest BCUT2D eigenvalue weighted by Gasteiger charge is -2.09. The Balaban J connectivity index is 2.18. The van der Waals surface area contributed by atoms with Crippen LogP contribution in [0.2, 0.25) is 0 Å². The van der Waals surface area contributed by atoms with Crippen LogP contribution in [0.3, 0.4) is 0 Å². The third-order valence-electron chi connectivity index (χ3n) is 2.30. The van der Waals surface area contributed by atoms with E-state index in [1.807, 2.05) is 0 Å². The van der Waals surface area contributed by atoms with Crippen molar-refractivity contribution >= 4 is 11.7 Å². The average Bonchev–Trinajstić information content (AvgIpc) is 2.74. The van der Waals surface area contributed by atoms with Gasteiger partial charge in [0.2, 0.25) is 0 Å². The molecule has 2 aromatic rings. The summed E-state index contributed by atoms with van der Waals surface area (Å²) in [6, 6.07) is 7.37. The molecule has 0 bridgehead atoms. The number of carbonyl (C=O) groups is 1. The predicted molar refractivity (Wildman–Crippen MR) is 64.2 cm³/mol. The van der Waals surface area contributed by atoms with Crippen LogP contribution in [0, 0.1) is 0 Å². The fraction of sp³-hybridized carbons (Fsp3) is 0.167. The first-order valence-corrected chi connectivity index (χ1v) is 5.41. The fourth-order valence-electron chi connectivity index (χ4n) is 1.52. The third-order valence-corrected chi connectivity index (χ3v) is 2.30. The third kappa shape index (κ3) is 3.27. The van der Waals surface area contributed by atoms with E-state index in [-0.39, 0.29) is 11.3 Å². The second kappa shape index (κ2) is 5.47. The zero-order valence-electron chi connectivity index (χ0n) is 10.0. The first kappa shape index (κ1) is 13.0. The molecule has 7 heteroatoms. The number of amides is 1. The van der Waals surface area contributed by atoms with Gasteiger partial charge in [0, 0.05) is 19.3 Å². The highest BCUT2D eigenvalue weighted by atomic mass is 19.3. The van der Waals surface area contributed by atoms with E-state index in [1.165, 1.54) is 22.9 Å². The standard InChI is InChI=1S/C12H11F2N3O2/c1-17-7-6-10(16-17)15-11(18)8-4-2-3-5-9(8)19-12(13)14/h2-7,12H,1H3,(H,15,16,18). The molecule has 1 aromatic carbocycles. The molecule has 0 aliphatic heterocycles. The minimum absolute atomic E-state index is 0.0217. The van der Waals surface area contributed by atoms with Gasteiger partial charge >= 0.3 is 6.61 Å². The monoisotopic (exact) mass is 267 g/mol. The van der Waals surface area contributed by atoms with Gasteiger partial charge in [-0.05, 0) is 12.1 Å². The summed E-state index contributed by atoms with van der Waals surface area (Å²) in [5, 5.41) is 6.46. The number of ether oxygens (including phenoxy) is 1. The summed E-state index contributed by atoms with van der Waals surface area (Å²) in [6.07, 6.45) is 1.65. The van der Waals surface area contributed by atoms with Gasteiger partial charge in [-0.2, -0.15) is 13.9 Å². The molecule has 1 N–H and O–H groups in total. The van der Waals surface area contributed by atoms with Crippen molar-refractivity contribution in [2.75, 3.05) is 5.32 Å². The van der Waals surface area contributed by atoms with Gasteiger partial charge in [0.25, 0.3) is 5.91 Å². The molecule has 0 fully saturated rings. The molecule has 19 heavy (non-hydrogen) atoms. The lowest BCUT2D eigenvalue weighted by molar-refractivity contribution is -0.0501. The van der Waals surface area contributed by atoms with E-state index >= 15 is 0 Å². The summed E-state index contributed by atoms with van der Waals surface area (Å²) < 4.78 is 30.2. The van der Waals surface area contributed by atoms with Crippen molar-refractivity contribution in [3.8, 4) is 5.75 Å². The molecule has 0 spiro atoms. The maximum absolute atomic E-state index is 12.2. The molecule has 0 saturated heterocycles. The van der Waals surface area contributed by atoms with E-state index in [9.17, 15) is 13.6 Å². The molecular formula is C12H11F2N3O2. The molecule has 2 rings (SSSR count). The molecule has 0 aliphatic carbocycles. The zero-order valence-corrected chi connectivity index (χ0v) is 10.0. The molecular weight excluding hydrogens is 256 g/mol. The Morgan fingerprint density at radius 1 is 1.37 bits per heavy atom. The van der Waals surface area contributed by atoms with Crippen LogP contribution in [0.5, 0.6) is 5.75 Å². The Labute approximate surface area is 107 Å². The number of nitrogens with zero attached hydrogens (tertiary/aromatic N) is 2. The second-order valence-corrected chi connectivity index (χ2v) is 3.70. The van der Waals surface area contributed by atoms with Crippen LogP contribution < -0.4 is 10.1 Å². The average molecular weight is 267 g/mol. The van der Waals surface area contributed by atoms with Crippen molar-refractivity contribution < 1.29 is 18.3 Å². The number of para-hydroxylation sites is 1. The van der Waals surface area contributed by atoms with Gasteiger partial charge in [0.15, 0.2) is 5.82 Å². The Morgan fingerprint density at radius 3 is 2.74 bits per heavy atom. The van der Waals surface area contributed by atoms with Crippen molar-refractivity contribution in [3.63, 3.8) is 0 Å². The Morgan fingerprint density at radius 2 is 2.11 bits per heavy atom. The summed E-state index contributed by atoms with van der Waals surface area (Å²) in [5.41, 5.74) is 0.0217. The number of benzene rings is 1. The number of halogens is 2. The van der Waals surface area contributed by atoms with Gasteiger partial charge in [-0.15, -0.1) is 0 Å². The van der Waals surface area contributed by atoms with Gasteiger partial charge in [0.05, 0.1) is 5.56 Å². The van der Waals surface area contributed by atoms with E-state index < -0.39 is 12.5 Å². The molecule has 1 amide bonds. The molecule has 0 radical (unpaired) electrons. The van der Waals surface area contributed by atoms with Crippen molar-refractivity contribution in [2.45, 2.75) is 6.61 Å². The number of hydrogen-bond acceptors (Lipinski definition) is 3. The molecule has 0 atom stereocenters. The van der Waals surface area contributed by atoms with Gasteiger partial charge in [-0.25, -0.2) is 0 Å². The molecule has 1 heterocycles. The van der Waals surface area contributed by atoms with Crippen LogP contribution in [0.4, 0.5) is 14.6 Å². The maximum atomic E-state index is 12.2. The smallest absolute Gasteiger partial charge is 0.387 e. The Hall–Kier alpha value is -2.44. The van der Waals surface area contributed by atoms with Crippen LogP contribution in [0.25, 0.3) is 0 Å². The van der Waals surface area contributed by atoms with E-state index in [0.717, 1.165) is 0 Å². The summed E-state index contributed by atoms with van der Waals surface area (Å²) >= 11 is 0. The van der Waals surface area contributed by atoms with Crippen molar-refractivity contribution in [1.82, 2.24) is 9.78 Å². The lowest BCUT2D eigenvalue weighted by Crippen LogP contribution is -2.15. The fourth-order valence-corrected chi connectivity index (χ4v) is 1.52. The van der Waals surface area contributed by atoms with Crippen LogP contribution in [-0.4, -0.2) is 22.3 Å². The van der Waals surface area contributed by atoms with E-state index in [1.54, 1.807) is 25.4 Å². The van der Waals surface area contributed by atoms with Crippen molar-refractivity contribution in [1.29, 1.82) is 0 Å². The lowest BCUT2D eigenvalue weighted by atomic mass is 10.2. The van der Waals surface area contributed by atoms with Gasteiger partial charge < -0.3 is 10.1 Å². The van der Waals surface area contributed by atoms with Crippen LogP contribution in [0.1, 0.15) is 10.4 Å². The summed E-state index contributed by atoms with van der Waals surface area (Å²) in [6.45, 7) is -2.98. The van der Waals surface area contributed by atoms with Gasteiger partial charge in [0.1, 0.15) is 5.75 Å². The van der Waals surface area contributed by atoms with Gasteiger partial charge in [-0.1, -0.05) is 12.1 Å². The highest BCUT2D eigenvalue weighted by molar-refractivity contribution is 6.05. The number of hydrogen-bond donors (Lipinski definition) is 1. The number of rotatable bonds is 4. The molecule has 100 valence electrons. The second-order valence-electron chi connectivity index (χ2n) is 3.70. The highest BCUT2D eigenvalue weighted by Crippen LogP contribution is 2.21. The quantitative estimate of drug-likeness (QED) is 0.924. The number of alkyl halides is 2.